The average molecular weight is 422 g/mol. The lowest BCUT2D eigenvalue weighted by atomic mass is 9.82. The molecule has 0 bridgehead atoms. The van der Waals surface area contributed by atoms with Gasteiger partial charge in [0, 0.05) is 6.04 Å². The Labute approximate surface area is 184 Å². The van der Waals surface area contributed by atoms with Crippen LogP contribution in [0, 0.1) is 0 Å². The summed E-state index contributed by atoms with van der Waals surface area (Å²) >= 11 is 0. The summed E-state index contributed by atoms with van der Waals surface area (Å²) in [5, 5.41) is 5.78. The molecular formula is C25H31N3O3. The number of amides is 4. The van der Waals surface area contributed by atoms with Crippen molar-refractivity contribution in [3.63, 3.8) is 0 Å². The quantitative estimate of drug-likeness (QED) is 0.450. The van der Waals surface area contributed by atoms with Gasteiger partial charge in [0.2, 0.25) is 5.91 Å². The first-order valence-electron chi connectivity index (χ1n) is 11.0. The Morgan fingerprint density at radius 2 is 1.55 bits per heavy atom. The summed E-state index contributed by atoms with van der Waals surface area (Å²) in [6.45, 7) is 3.81. The van der Waals surface area contributed by atoms with Crippen LogP contribution in [0.25, 0.3) is 0 Å². The zero-order valence-corrected chi connectivity index (χ0v) is 18.3. The van der Waals surface area contributed by atoms with Gasteiger partial charge in [-0.3, -0.25) is 14.5 Å². The van der Waals surface area contributed by atoms with Crippen molar-refractivity contribution in [3.8, 4) is 0 Å². The van der Waals surface area contributed by atoms with Crippen molar-refractivity contribution in [2.45, 2.75) is 57.5 Å². The van der Waals surface area contributed by atoms with Crippen LogP contribution in [0.4, 0.5) is 4.79 Å². The summed E-state index contributed by atoms with van der Waals surface area (Å²) in [6, 6.07) is 17.7. The minimum atomic E-state index is -1.34. The maximum atomic E-state index is 13.6. The number of hydrogen-bond donors (Lipinski definition) is 2. The molecule has 0 saturated carbocycles. The van der Waals surface area contributed by atoms with Crippen LogP contribution in [0.1, 0.15) is 57.1 Å². The number of rotatable bonds is 10. The standard InChI is InChI=1S/C25H31N3O3/c1-3-4-5-8-13-19(2)26-22(29)18-28-23(30)25(27-24(28)31,20-14-9-6-10-15-20)21-16-11-7-12-17-21/h6-7,9-12,14-17,19H,3-5,8,13,18H2,1-2H3,(H,26,29)(H,27,31)/t19-/m0/s1. The largest absolute Gasteiger partial charge is 0.352 e. The zero-order chi connectivity index (χ0) is 22.3. The molecule has 2 N–H and O–H groups in total. The fourth-order valence-electron chi connectivity index (χ4n) is 4.07. The second kappa shape index (κ2) is 10.2. The van der Waals surface area contributed by atoms with Crippen LogP contribution in [-0.2, 0) is 15.1 Å². The zero-order valence-electron chi connectivity index (χ0n) is 18.3. The van der Waals surface area contributed by atoms with Gasteiger partial charge in [-0.25, -0.2) is 4.79 Å². The summed E-state index contributed by atoms with van der Waals surface area (Å²) in [4.78, 5) is 40.0. The fraction of sp³-hybridized carbons (Fsp3) is 0.400. The van der Waals surface area contributed by atoms with Gasteiger partial charge < -0.3 is 10.6 Å². The van der Waals surface area contributed by atoms with E-state index in [1.807, 2.05) is 67.6 Å². The van der Waals surface area contributed by atoms with Crippen molar-refractivity contribution < 1.29 is 14.4 Å². The smallest absolute Gasteiger partial charge is 0.326 e. The second-order valence-corrected chi connectivity index (χ2v) is 8.12. The Balaban J connectivity index is 1.76. The van der Waals surface area contributed by atoms with Crippen LogP contribution < -0.4 is 10.6 Å². The van der Waals surface area contributed by atoms with Gasteiger partial charge in [0.1, 0.15) is 6.54 Å². The minimum Gasteiger partial charge on any atom is -0.352 e. The Morgan fingerprint density at radius 1 is 0.968 bits per heavy atom. The highest BCUT2D eigenvalue weighted by molar-refractivity contribution is 6.11. The number of nitrogens with zero attached hydrogens (tertiary/aromatic N) is 1. The van der Waals surface area contributed by atoms with Gasteiger partial charge >= 0.3 is 6.03 Å². The minimum absolute atomic E-state index is 0.00173. The van der Waals surface area contributed by atoms with Crippen molar-refractivity contribution >= 4 is 17.8 Å². The lowest BCUT2D eigenvalue weighted by Crippen LogP contribution is -2.46. The van der Waals surface area contributed by atoms with Crippen molar-refractivity contribution in [2.24, 2.45) is 0 Å². The van der Waals surface area contributed by atoms with Gasteiger partial charge in [-0.05, 0) is 24.5 Å². The molecule has 2 aromatic rings. The summed E-state index contributed by atoms with van der Waals surface area (Å²) in [5.74, 6) is -0.774. The third-order valence-corrected chi connectivity index (χ3v) is 5.72. The Morgan fingerprint density at radius 3 is 2.10 bits per heavy atom. The molecular weight excluding hydrogens is 390 g/mol. The topological polar surface area (TPSA) is 78.5 Å². The lowest BCUT2D eigenvalue weighted by Gasteiger charge is -2.28. The van der Waals surface area contributed by atoms with E-state index in [1.165, 1.54) is 6.42 Å². The van der Waals surface area contributed by atoms with Gasteiger partial charge in [-0.2, -0.15) is 0 Å². The maximum absolute atomic E-state index is 13.6. The molecule has 0 spiro atoms. The van der Waals surface area contributed by atoms with Crippen LogP contribution in [-0.4, -0.2) is 35.3 Å². The Hall–Kier alpha value is -3.15. The highest BCUT2D eigenvalue weighted by atomic mass is 16.2. The highest BCUT2D eigenvalue weighted by Gasteiger charge is 2.54. The molecule has 4 amide bonds. The number of carbonyl (C=O) groups excluding carboxylic acids is 3. The summed E-state index contributed by atoms with van der Waals surface area (Å²) in [5.41, 5.74) is -0.0236. The van der Waals surface area contributed by atoms with E-state index in [-0.39, 0.29) is 18.5 Å². The molecule has 0 radical (unpaired) electrons. The van der Waals surface area contributed by atoms with Crippen molar-refractivity contribution in [2.75, 3.05) is 6.54 Å². The van der Waals surface area contributed by atoms with E-state index in [9.17, 15) is 14.4 Å². The number of unbranched alkanes of at least 4 members (excludes halogenated alkanes) is 3. The second-order valence-electron chi connectivity index (χ2n) is 8.12. The molecule has 31 heavy (non-hydrogen) atoms. The predicted octanol–water partition coefficient (Wildman–Crippen LogP) is 3.96. The van der Waals surface area contributed by atoms with E-state index < -0.39 is 17.5 Å². The van der Waals surface area contributed by atoms with Crippen molar-refractivity contribution in [3.05, 3.63) is 71.8 Å². The molecule has 1 atom stereocenters. The number of nitrogens with one attached hydrogen (secondary N) is 2. The van der Waals surface area contributed by atoms with Crippen LogP contribution in [0.2, 0.25) is 0 Å². The number of benzene rings is 2. The summed E-state index contributed by atoms with van der Waals surface area (Å²) in [7, 11) is 0. The van der Waals surface area contributed by atoms with E-state index in [4.69, 9.17) is 0 Å². The summed E-state index contributed by atoms with van der Waals surface area (Å²) in [6.07, 6.45) is 5.41. The first kappa shape index (κ1) is 22.5. The van der Waals surface area contributed by atoms with Crippen LogP contribution in [0.5, 0.6) is 0 Å². The normalized spacial score (nSPS) is 16.1. The molecule has 1 fully saturated rings. The first-order valence-corrected chi connectivity index (χ1v) is 11.0. The number of hydrogen-bond acceptors (Lipinski definition) is 3. The molecule has 1 heterocycles. The lowest BCUT2D eigenvalue weighted by molar-refractivity contribution is -0.134. The molecule has 1 aliphatic heterocycles. The maximum Gasteiger partial charge on any atom is 0.326 e. The molecule has 6 nitrogen and oxygen atoms in total. The van der Waals surface area contributed by atoms with Crippen LogP contribution >= 0.6 is 0 Å². The molecule has 0 unspecified atom stereocenters. The molecule has 6 heteroatoms. The Bertz CT molecular complexity index is 859. The van der Waals surface area contributed by atoms with Crippen LogP contribution in [0.15, 0.2) is 60.7 Å². The SMILES string of the molecule is CCCCCC[C@H](C)NC(=O)CN1C(=O)NC(c2ccccc2)(c2ccccc2)C1=O. The third kappa shape index (κ3) is 4.95. The van der Waals surface area contributed by atoms with Gasteiger partial charge in [0.05, 0.1) is 0 Å². The van der Waals surface area contributed by atoms with Crippen LogP contribution in [0.3, 0.4) is 0 Å². The number of carbonyl (C=O) groups is 3. The molecule has 1 saturated heterocycles. The van der Waals surface area contributed by atoms with Gasteiger partial charge in [-0.15, -0.1) is 0 Å². The van der Waals surface area contributed by atoms with E-state index in [0.29, 0.717) is 11.1 Å². The average Bonchev–Trinajstić information content (AvgIpc) is 3.03. The highest BCUT2D eigenvalue weighted by Crippen LogP contribution is 2.35. The first-order chi connectivity index (χ1) is 15.0. The number of urea groups is 1. The fourth-order valence-corrected chi connectivity index (χ4v) is 4.07. The molecule has 0 aromatic heterocycles. The predicted molar refractivity (Wildman–Crippen MR) is 120 cm³/mol. The molecule has 0 aliphatic carbocycles. The third-order valence-electron chi connectivity index (χ3n) is 5.72. The molecule has 3 rings (SSSR count). The van der Waals surface area contributed by atoms with E-state index in [1.54, 1.807) is 0 Å². The van der Waals surface area contributed by atoms with Crippen molar-refractivity contribution in [1.29, 1.82) is 0 Å². The molecule has 164 valence electrons. The van der Waals surface area contributed by atoms with E-state index in [0.717, 1.165) is 30.6 Å². The van der Waals surface area contributed by atoms with E-state index >= 15 is 0 Å². The van der Waals surface area contributed by atoms with Crippen molar-refractivity contribution in [1.82, 2.24) is 15.5 Å². The molecule has 1 aliphatic rings. The van der Waals surface area contributed by atoms with Gasteiger partial charge in [-0.1, -0.05) is 93.3 Å². The van der Waals surface area contributed by atoms with E-state index in [2.05, 4.69) is 17.6 Å². The van der Waals surface area contributed by atoms with Gasteiger partial charge in [0.15, 0.2) is 5.54 Å². The Kier molecular flexibility index (Phi) is 7.45. The van der Waals surface area contributed by atoms with Gasteiger partial charge in [0.25, 0.3) is 5.91 Å². The summed E-state index contributed by atoms with van der Waals surface area (Å²) < 4.78 is 0. The number of imide groups is 1. The molecule has 2 aromatic carbocycles. The monoisotopic (exact) mass is 421 g/mol.